The molecule has 1 unspecified atom stereocenters. The number of rotatable bonds is 1. The molecule has 3 saturated heterocycles. The highest BCUT2D eigenvalue weighted by atomic mass is 79.9. The molecule has 0 saturated carbocycles. The van der Waals surface area contributed by atoms with E-state index in [-0.39, 0.29) is 5.41 Å². The van der Waals surface area contributed by atoms with Crippen LogP contribution in [0.4, 0.5) is 0 Å². The van der Waals surface area contributed by atoms with Crippen LogP contribution in [0.15, 0.2) is 22.7 Å². The molecular formula is C12H15BrO3. The number of halogens is 1. The third-order valence-electron chi connectivity index (χ3n) is 3.56. The first-order chi connectivity index (χ1) is 7.64. The van der Waals surface area contributed by atoms with E-state index in [0.29, 0.717) is 5.92 Å². The average Bonchev–Trinajstić information content (AvgIpc) is 2.35. The molecular weight excluding hydrogens is 272 g/mol. The Labute approximate surface area is 104 Å². The maximum atomic E-state index is 5.80. The standard InChI is InChI=1S/C12H15BrO3/c1-11(4-2-10(13)3-5-11)12-14-6-9(7-15-12)8-16-12/h2-4,9H,5-8H2,1H3. The molecule has 2 bridgehead atoms. The molecule has 0 aromatic heterocycles. The lowest BCUT2D eigenvalue weighted by Gasteiger charge is -2.53. The molecule has 4 aliphatic rings. The first-order valence-corrected chi connectivity index (χ1v) is 6.40. The van der Waals surface area contributed by atoms with Crippen molar-refractivity contribution < 1.29 is 14.2 Å². The third kappa shape index (κ3) is 1.51. The number of hydrogen-bond acceptors (Lipinski definition) is 3. The van der Waals surface area contributed by atoms with E-state index < -0.39 is 5.97 Å². The van der Waals surface area contributed by atoms with E-state index >= 15 is 0 Å². The molecule has 0 aromatic carbocycles. The van der Waals surface area contributed by atoms with Gasteiger partial charge in [0, 0.05) is 10.4 Å². The summed E-state index contributed by atoms with van der Waals surface area (Å²) in [5.41, 5.74) is -0.240. The van der Waals surface area contributed by atoms with Gasteiger partial charge in [0.25, 0.3) is 5.97 Å². The van der Waals surface area contributed by atoms with Crippen molar-refractivity contribution in [3.05, 3.63) is 22.7 Å². The zero-order valence-corrected chi connectivity index (χ0v) is 10.8. The van der Waals surface area contributed by atoms with Crippen LogP contribution in [0.5, 0.6) is 0 Å². The highest BCUT2D eigenvalue weighted by molar-refractivity contribution is 9.11. The van der Waals surface area contributed by atoms with E-state index in [1.807, 2.05) is 6.08 Å². The first-order valence-electron chi connectivity index (χ1n) is 5.60. The van der Waals surface area contributed by atoms with E-state index in [1.54, 1.807) is 0 Å². The predicted octanol–water partition coefficient (Wildman–Crippen LogP) is 2.58. The largest absolute Gasteiger partial charge is 0.326 e. The Morgan fingerprint density at radius 2 is 1.88 bits per heavy atom. The molecule has 0 spiro atoms. The van der Waals surface area contributed by atoms with Crippen LogP contribution in [0.2, 0.25) is 0 Å². The van der Waals surface area contributed by atoms with Gasteiger partial charge in [-0.3, -0.25) is 0 Å². The average molecular weight is 287 g/mol. The minimum atomic E-state index is -0.873. The van der Waals surface area contributed by atoms with E-state index in [2.05, 4.69) is 35.0 Å². The minimum Gasteiger partial charge on any atom is -0.326 e. The topological polar surface area (TPSA) is 27.7 Å². The van der Waals surface area contributed by atoms with Crippen LogP contribution in [0.3, 0.4) is 0 Å². The molecule has 0 N–H and O–H groups in total. The van der Waals surface area contributed by atoms with Gasteiger partial charge in [0.05, 0.1) is 25.2 Å². The second-order valence-electron chi connectivity index (χ2n) is 4.90. The quantitative estimate of drug-likeness (QED) is 0.742. The van der Waals surface area contributed by atoms with E-state index in [9.17, 15) is 0 Å². The van der Waals surface area contributed by atoms with Gasteiger partial charge < -0.3 is 14.2 Å². The monoisotopic (exact) mass is 286 g/mol. The summed E-state index contributed by atoms with van der Waals surface area (Å²) in [5.74, 6) is -0.469. The SMILES string of the molecule is CC1(C23OCC(CO2)CO3)C=CC(Br)=CC1. The van der Waals surface area contributed by atoms with Crippen LogP contribution in [-0.4, -0.2) is 25.8 Å². The summed E-state index contributed by atoms with van der Waals surface area (Å²) in [4.78, 5) is 0. The Balaban J connectivity index is 1.89. The van der Waals surface area contributed by atoms with Crippen LogP contribution < -0.4 is 0 Å². The molecule has 16 heavy (non-hydrogen) atoms. The summed E-state index contributed by atoms with van der Waals surface area (Å²) >= 11 is 3.47. The molecule has 3 fully saturated rings. The van der Waals surface area contributed by atoms with Gasteiger partial charge in [-0.05, 0) is 13.3 Å². The zero-order chi connectivity index (χ0) is 11.2. The highest BCUT2D eigenvalue weighted by Gasteiger charge is 2.56. The molecule has 3 nitrogen and oxygen atoms in total. The van der Waals surface area contributed by atoms with Crippen molar-refractivity contribution >= 4 is 15.9 Å². The van der Waals surface area contributed by atoms with Gasteiger partial charge >= 0.3 is 0 Å². The number of fused-ring (bicyclic) bond motifs is 3. The molecule has 1 atom stereocenters. The molecule has 0 amide bonds. The van der Waals surface area contributed by atoms with Gasteiger partial charge in [-0.25, -0.2) is 0 Å². The van der Waals surface area contributed by atoms with Crippen LogP contribution in [-0.2, 0) is 14.2 Å². The summed E-state index contributed by atoms with van der Waals surface area (Å²) < 4.78 is 18.5. The van der Waals surface area contributed by atoms with Crippen molar-refractivity contribution in [1.29, 1.82) is 0 Å². The fraction of sp³-hybridized carbons (Fsp3) is 0.667. The highest BCUT2D eigenvalue weighted by Crippen LogP contribution is 2.48. The number of ether oxygens (including phenoxy) is 3. The normalized spacial score (nSPS) is 46.9. The second-order valence-corrected chi connectivity index (χ2v) is 5.81. The smallest absolute Gasteiger partial charge is 0.292 e. The van der Waals surface area contributed by atoms with Crippen molar-refractivity contribution in [2.45, 2.75) is 19.3 Å². The first kappa shape index (κ1) is 11.0. The lowest BCUT2D eigenvalue weighted by atomic mass is 9.80. The van der Waals surface area contributed by atoms with Crippen molar-refractivity contribution in [2.24, 2.45) is 11.3 Å². The molecule has 0 radical (unpaired) electrons. The van der Waals surface area contributed by atoms with Crippen molar-refractivity contribution in [3.63, 3.8) is 0 Å². The van der Waals surface area contributed by atoms with Crippen molar-refractivity contribution in [1.82, 2.24) is 0 Å². The fourth-order valence-electron chi connectivity index (χ4n) is 2.38. The summed E-state index contributed by atoms with van der Waals surface area (Å²) in [5, 5.41) is 0. The van der Waals surface area contributed by atoms with Crippen molar-refractivity contribution in [2.75, 3.05) is 19.8 Å². The van der Waals surface area contributed by atoms with Gasteiger partial charge in [-0.2, -0.15) is 0 Å². The molecule has 3 aliphatic heterocycles. The van der Waals surface area contributed by atoms with Gasteiger partial charge in [0.15, 0.2) is 0 Å². The Morgan fingerprint density at radius 3 is 2.38 bits per heavy atom. The summed E-state index contributed by atoms with van der Waals surface area (Å²) in [6.45, 7) is 4.35. The summed E-state index contributed by atoms with van der Waals surface area (Å²) in [6, 6.07) is 0. The van der Waals surface area contributed by atoms with Crippen molar-refractivity contribution in [3.8, 4) is 0 Å². The van der Waals surface area contributed by atoms with E-state index in [0.717, 1.165) is 30.7 Å². The van der Waals surface area contributed by atoms with Gasteiger partial charge in [0.2, 0.25) is 0 Å². The molecule has 3 heterocycles. The summed E-state index contributed by atoms with van der Waals surface area (Å²) in [6.07, 6.45) is 7.14. The van der Waals surface area contributed by atoms with Crippen LogP contribution >= 0.6 is 15.9 Å². The molecule has 4 heteroatoms. The molecule has 0 aromatic rings. The lowest BCUT2D eigenvalue weighted by molar-refractivity contribution is -0.479. The zero-order valence-electron chi connectivity index (χ0n) is 9.24. The maximum Gasteiger partial charge on any atom is 0.292 e. The minimum absolute atomic E-state index is 0.240. The lowest BCUT2D eigenvalue weighted by Crippen LogP contribution is -2.61. The maximum absolute atomic E-state index is 5.80. The molecule has 88 valence electrons. The van der Waals surface area contributed by atoms with E-state index in [1.165, 1.54) is 0 Å². The van der Waals surface area contributed by atoms with Crippen LogP contribution in [0.1, 0.15) is 13.3 Å². The van der Waals surface area contributed by atoms with Crippen LogP contribution in [0, 0.1) is 11.3 Å². The predicted molar refractivity (Wildman–Crippen MR) is 63.0 cm³/mol. The Morgan fingerprint density at radius 1 is 1.25 bits per heavy atom. The van der Waals surface area contributed by atoms with Gasteiger partial charge in [0.1, 0.15) is 0 Å². The fourth-order valence-corrected chi connectivity index (χ4v) is 2.68. The molecule has 4 rings (SSSR count). The van der Waals surface area contributed by atoms with E-state index in [4.69, 9.17) is 14.2 Å². The third-order valence-corrected chi connectivity index (χ3v) is 4.15. The Hall–Kier alpha value is -0.160. The Kier molecular flexibility index (Phi) is 2.51. The Bertz CT molecular complexity index is 342. The number of allylic oxidation sites excluding steroid dienone is 3. The van der Waals surface area contributed by atoms with Crippen LogP contribution in [0.25, 0.3) is 0 Å². The number of hydrogen-bond donors (Lipinski definition) is 0. The second kappa shape index (κ2) is 3.67. The van der Waals surface area contributed by atoms with Gasteiger partial charge in [-0.15, -0.1) is 0 Å². The van der Waals surface area contributed by atoms with Gasteiger partial charge in [-0.1, -0.05) is 34.2 Å². The summed E-state index contributed by atoms with van der Waals surface area (Å²) in [7, 11) is 0. The molecule has 1 aliphatic carbocycles.